The highest BCUT2D eigenvalue weighted by Gasteiger charge is 2.30. The lowest BCUT2D eigenvalue weighted by atomic mass is 10.1. The van der Waals surface area contributed by atoms with E-state index in [-0.39, 0.29) is 4.58 Å². The molecule has 0 radical (unpaired) electrons. The van der Waals surface area contributed by atoms with Crippen LogP contribution in [0.4, 0.5) is 4.79 Å². The smallest absolute Gasteiger partial charge is 0.407 e. The largest absolute Gasteiger partial charge is 0.481 e. The van der Waals surface area contributed by atoms with Gasteiger partial charge in [-0.2, -0.15) is 0 Å². The Kier molecular flexibility index (Phi) is 7.15. The van der Waals surface area contributed by atoms with Gasteiger partial charge in [0.25, 0.3) is 0 Å². The summed E-state index contributed by atoms with van der Waals surface area (Å²) in [5.41, 5.74) is -0.636. The first-order valence-electron chi connectivity index (χ1n) is 6.80. The Morgan fingerprint density at radius 3 is 2.38 bits per heavy atom. The van der Waals surface area contributed by atoms with Crippen LogP contribution < -0.4 is 5.32 Å². The van der Waals surface area contributed by atoms with Crippen LogP contribution in [0.15, 0.2) is 0 Å². The molecular weight excluding hydrogens is 314 g/mol. The lowest BCUT2D eigenvalue weighted by Crippen LogP contribution is -2.47. The predicted octanol–water partition coefficient (Wildman–Crippen LogP) is 1.91. The van der Waals surface area contributed by atoms with Crippen molar-refractivity contribution in [2.24, 2.45) is 0 Å². The molecule has 0 aromatic heterocycles. The van der Waals surface area contributed by atoms with E-state index in [2.05, 4.69) is 5.32 Å². The highest BCUT2D eigenvalue weighted by atomic mass is 32.2. The van der Waals surface area contributed by atoms with Gasteiger partial charge in [-0.15, -0.1) is 23.5 Å². The molecule has 1 rings (SSSR count). The quantitative estimate of drug-likeness (QED) is 0.681. The number of ether oxygens (including phenoxy) is 1. The normalized spacial score (nSPS) is 19.0. The van der Waals surface area contributed by atoms with Crippen LogP contribution in [-0.4, -0.2) is 56.1 Å². The molecule has 2 unspecified atom stereocenters. The minimum absolute atomic E-state index is 0.258. The molecule has 3 N–H and O–H groups in total. The zero-order valence-electron chi connectivity index (χ0n) is 12.5. The van der Waals surface area contributed by atoms with Crippen molar-refractivity contribution in [2.45, 2.75) is 55.9 Å². The third kappa shape index (κ3) is 7.82. The van der Waals surface area contributed by atoms with Gasteiger partial charge in [0.1, 0.15) is 5.60 Å². The molecule has 1 saturated heterocycles. The fourth-order valence-corrected chi connectivity index (χ4v) is 4.79. The molecule has 6 nitrogen and oxygen atoms in total. The second-order valence-electron chi connectivity index (χ2n) is 5.82. The van der Waals surface area contributed by atoms with Crippen LogP contribution in [0.3, 0.4) is 0 Å². The van der Waals surface area contributed by atoms with Crippen LogP contribution in [0.2, 0.25) is 0 Å². The number of hydrogen-bond donors (Lipinski definition) is 3. The monoisotopic (exact) mass is 337 g/mol. The molecule has 1 amide bonds. The number of carboxylic acid groups (broad SMARTS) is 1. The Hall–Kier alpha value is -0.600. The summed E-state index contributed by atoms with van der Waals surface area (Å²) in [6.45, 7) is 5.24. The van der Waals surface area contributed by atoms with Gasteiger partial charge in [-0.3, -0.25) is 4.79 Å². The van der Waals surface area contributed by atoms with Gasteiger partial charge in [-0.1, -0.05) is 0 Å². The Labute approximate surface area is 133 Å². The average molecular weight is 337 g/mol. The first-order valence-corrected chi connectivity index (χ1v) is 8.89. The van der Waals surface area contributed by atoms with Crippen molar-refractivity contribution in [3.63, 3.8) is 0 Å². The standard InChI is InChI=1S/C13H23NO5S2/c1-13(2,3)19-12(18)14-8(9(15)7-10(16)17)6-11-20-4-5-21-11/h8-9,11,15H,4-7H2,1-3H3,(H,14,18)(H,16,17). The van der Waals surface area contributed by atoms with Crippen molar-refractivity contribution in [1.82, 2.24) is 5.32 Å². The van der Waals surface area contributed by atoms with Gasteiger partial charge in [0, 0.05) is 11.5 Å². The van der Waals surface area contributed by atoms with E-state index in [0.29, 0.717) is 6.42 Å². The summed E-state index contributed by atoms with van der Waals surface area (Å²) in [5, 5.41) is 21.4. The van der Waals surface area contributed by atoms with Crippen LogP contribution >= 0.6 is 23.5 Å². The average Bonchev–Trinajstić information content (AvgIpc) is 2.77. The molecule has 0 bridgehead atoms. The van der Waals surface area contributed by atoms with Gasteiger partial charge in [-0.25, -0.2) is 4.79 Å². The van der Waals surface area contributed by atoms with Gasteiger partial charge < -0.3 is 20.3 Å². The summed E-state index contributed by atoms with van der Waals surface area (Å²) >= 11 is 3.52. The zero-order chi connectivity index (χ0) is 16.0. The number of nitrogens with one attached hydrogen (secondary N) is 1. The zero-order valence-corrected chi connectivity index (χ0v) is 14.1. The van der Waals surface area contributed by atoms with E-state index in [4.69, 9.17) is 9.84 Å². The van der Waals surface area contributed by atoms with Gasteiger partial charge in [0.05, 0.1) is 23.1 Å². The maximum Gasteiger partial charge on any atom is 0.407 e. The number of aliphatic hydroxyl groups is 1. The van der Waals surface area contributed by atoms with Gasteiger partial charge in [0.2, 0.25) is 0 Å². The first kappa shape index (κ1) is 18.4. The van der Waals surface area contributed by atoms with Crippen molar-refractivity contribution in [1.29, 1.82) is 0 Å². The number of carbonyl (C=O) groups is 2. The van der Waals surface area contributed by atoms with E-state index < -0.39 is 36.2 Å². The maximum absolute atomic E-state index is 11.8. The molecule has 21 heavy (non-hydrogen) atoms. The number of carbonyl (C=O) groups excluding carboxylic acids is 1. The highest BCUT2D eigenvalue weighted by molar-refractivity contribution is 8.20. The number of alkyl carbamates (subject to hydrolysis) is 1. The molecule has 8 heteroatoms. The van der Waals surface area contributed by atoms with Crippen LogP contribution in [-0.2, 0) is 9.53 Å². The van der Waals surface area contributed by atoms with Gasteiger partial charge in [-0.05, 0) is 27.2 Å². The molecule has 1 aliphatic heterocycles. The number of thioether (sulfide) groups is 2. The number of hydrogen-bond acceptors (Lipinski definition) is 6. The van der Waals surface area contributed by atoms with Crippen LogP contribution in [0, 0.1) is 0 Å². The lowest BCUT2D eigenvalue weighted by molar-refractivity contribution is -0.139. The van der Waals surface area contributed by atoms with E-state index in [1.165, 1.54) is 0 Å². The molecule has 0 aliphatic carbocycles. The van der Waals surface area contributed by atoms with E-state index in [9.17, 15) is 14.7 Å². The van der Waals surface area contributed by atoms with E-state index in [1.54, 1.807) is 44.3 Å². The van der Waals surface area contributed by atoms with E-state index in [1.807, 2.05) is 0 Å². The maximum atomic E-state index is 11.8. The van der Waals surface area contributed by atoms with Crippen molar-refractivity contribution in [3.8, 4) is 0 Å². The van der Waals surface area contributed by atoms with Gasteiger partial charge in [0.15, 0.2) is 0 Å². The van der Waals surface area contributed by atoms with Crippen molar-refractivity contribution in [3.05, 3.63) is 0 Å². The third-order valence-corrected chi connectivity index (χ3v) is 5.77. The summed E-state index contributed by atoms with van der Waals surface area (Å²) in [7, 11) is 0. The van der Waals surface area contributed by atoms with Crippen LogP contribution in [0.25, 0.3) is 0 Å². The Balaban J connectivity index is 2.61. The molecule has 122 valence electrons. The molecule has 0 aromatic rings. The van der Waals surface area contributed by atoms with Crippen molar-refractivity contribution in [2.75, 3.05) is 11.5 Å². The molecule has 0 aromatic carbocycles. The van der Waals surface area contributed by atoms with Crippen molar-refractivity contribution < 1.29 is 24.5 Å². The van der Waals surface area contributed by atoms with Crippen molar-refractivity contribution >= 4 is 35.6 Å². The lowest BCUT2D eigenvalue weighted by Gasteiger charge is -2.27. The number of amides is 1. The molecule has 1 aliphatic rings. The second-order valence-corrected chi connectivity index (χ2v) is 8.74. The fraction of sp³-hybridized carbons (Fsp3) is 0.846. The summed E-state index contributed by atoms with van der Waals surface area (Å²) in [6.07, 6.45) is -1.65. The minimum atomic E-state index is -1.13. The summed E-state index contributed by atoms with van der Waals surface area (Å²) in [5.74, 6) is 0.970. The molecule has 0 saturated carbocycles. The summed E-state index contributed by atoms with van der Waals surface area (Å²) < 4.78 is 5.42. The minimum Gasteiger partial charge on any atom is -0.481 e. The summed E-state index contributed by atoms with van der Waals surface area (Å²) in [6, 6.07) is -0.626. The molecule has 2 atom stereocenters. The number of aliphatic carboxylic acids is 1. The second kappa shape index (κ2) is 8.14. The Morgan fingerprint density at radius 1 is 1.33 bits per heavy atom. The van der Waals surface area contributed by atoms with Crippen LogP contribution in [0.5, 0.6) is 0 Å². The summed E-state index contributed by atoms with van der Waals surface area (Å²) in [4.78, 5) is 22.6. The van der Waals surface area contributed by atoms with Crippen LogP contribution in [0.1, 0.15) is 33.6 Å². The predicted molar refractivity (Wildman–Crippen MR) is 84.7 cm³/mol. The topological polar surface area (TPSA) is 95.9 Å². The molecule has 0 spiro atoms. The van der Waals surface area contributed by atoms with E-state index in [0.717, 1.165) is 11.5 Å². The number of rotatable bonds is 6. The SMILES string of the molecule is CC(C)(C)OC(=O)NC(CC1SCCS1)C(O)CC(=O)O. The third-order valence-electron chi connectivity index (χ3n) is 2.69. The van der Waals surface area contributed by atoms with E-state index >= 15 is 0 Å². The molecule has 1 heterocycles. The van der Waals surface area contributed by atoms with Gasteiger partial charge >= 0.3 is 12.1 Å². The number of carboxylic acids is 1. The fourth-order valence-electron chi connectivity index (χ4n) is 1.84. The Morgan fingerprint density at radius 2 is 1.90 bits per heavy atom. The molecular formula is C13H23NO5S2. The molecule has 1 fully saturated rings. The number of aliphatic hydroxyl groups excluding tert-OH is 1. The first-order chi connectivity index (χ1) is 9.67. The highest BCUT2D eigenvalue weighted by Crippen LogP contribution is 2.35. The Bertz CT molecular complexity index is 366.